The minimum absolute atomic E-state index is 0.194. The first-order chi connectivity index (χ1) is 9.31. The molecule has 1 amide bonds. The number of benzene rings is 1. The van der Waals surface area contributed by atoms with Crippen molar-refractivity contribution in [1.82, 2.24) is 4.90 Å². The maximum atomic E-state index is 13.2. The Morgan fingerprint density at radius 1 is 1.30 bits per heavy atom. The number of hydrogen-bond donors (Lipinski definition) is 1. The molecule has 20 heavy (non-hydrogen) atoms. The standard InChI is InChI=1S/C13H16F4N2O/c1-2-6-19(7-5-18)12(20)9-3-4-11(14)10(8-9)13(15,16)17/h3-4,8H,2,5-7,18H2,1H3. The van der Waals surface area contributed by atoms with Crippen LogP contribution >= 0.6 is 0 Å². The number of amides is 1. The van der Waals surface area contributed by atoms with Gasteiger partial charge in [-0.2, -0.15) is 13.2 Å². The van der Waals surface area contributed by atoms with Crippen LogP contribution < -0.4 is 5.73 Å². The lowest BCUT2D eigenvalue weighted by atomic mass is 10.1. The fourth-order valence-electron chi connectivity index (χ4n) is 1.80. The lowest BCUT2D eigenvalue weighted by Crippen LogP contribution is -2.36. The van der Waals surface area contributed by atoms with Gasteiger partial charge in [0.1, 0.15) is 5.82 Å². The summed E-state index contributed by atoms with van der Waals surface area (Å²) < 4.78 is 51.0. The molecule has 0 bridgehead atoms. The molecule has 1 rings (SSSR count). The Bertz CT molecular complexity index is 468. The number of rotatable bonds is 5. The molecule has 0 aliphatic rings. The largest absolute Gasteiger partial charge is 0.419 e. The Hall–Kier alpha value is -1.63. The third kappa shape index (κ3) is 3.93. The number of nitrogens with zero attached hydrogens (tertiary/aromatic N) is 1. The van der Waals surface area contributed by atoms with Crippen molar-refractivity contribution in [1.29, 1.82) is 0 Å². The van der Waals surface area contributed by atoms with E-state index in [9.17, 15) is 22.4 Å². The van der Waals surface area contributed by atoms with Crippen LogP contribution in [-0.2, 0) is 6.18 Å². The molecule has 0 aliphatic carbocycles. The summed E-state index contributed by atoms with van der Waals surface area (Å²) in [5, 5.41) is 0. The first kappa shape index (κ1) is 16.4. The van der Waals surface area contributed by atoms with Gasteiger partial charge in [0.2, 0.25) is 0 Å². The van der Waals surface area contributed by atoms with Crippen LogP contribution in [0.2, 0.25) is 0 Å². The summed E-state index contributed by atoms with van der Waals surface area (Å²) in [6.45, 7) is 2.67. The summed E-state index contributed by atoms with van der Waals surface area (Å²) in [6.07, 6.45) is -4.18. The number of carbonyl (C=O) groups is 1. The summed E-state index contributed by atoms with van der Waals surface area (Å²) >= 11 is 0. The van der Waals surface area contributed by atoms with Crippen molar-refractivity contribution in [2.24, 2.45) is 5.73 Å². The minimum atomic E-state index is -4.83. The van der Waals surface area contributed by atoms with E-state index in [0.29, 0.717) is 25.1 Å². The highest BCUT2D eigenvalue weighted by molar-refractivity contribution is 5.94. The predicted octanol–water partition coefficient (Wildman–Crippen LogP) is 2.66. The van der Waals surface area contributed by atoms with E-state index in [1.807, 2.05) is 6.92 Å². The molecule has 3 nitrogen and oxygen atoms in total. The van der Waals surface area contributed by atoms with Crippen LogP contribution in [0.15, 0.2) is 18.2 Å². The Morgan fingerprint density at radius 2 is 1.95 bits per heavy atom. The lowest BCUT2D eigenvalue weighted by molar-refractivity contribution is -0.140. The Balaban J connectivity index is 3.10. The highest BCUT2D eigenvalue weighted by Crippen LogP contribution is 2.32. The summed E-state index contributed by atoms with van der Waals surface area (Å²) in [4.78, 5) is 13.5. The Kier molecular flexibility index (Phi) is 5.50. The number of nitrogens with two attached hydrogens (primary N) is 1. The van der Waals surface area contributed by atoms with Crippen molar-refractivity contribution in [3.05, 3.63) is 35.1 Å². The van der Waals surface area contributed by atoms with E-state index in [2.05, 4.69) is 0 Å². The van der Waals surface area contributed by atoms with Crippen LogP contribution in [0.5, 0.6) is 0 Å². The normalized spacial score (nSPS) is 11.5. The molecule has 0 aliphatic heterocycles. The molecule has 0 radical (unpaired) electrons. The average molecular weight is 292 g/mol. The topological polar surface area (TPSA) is 46.3 Å². The second-order valence-electron chi connectivity index (χ2n) is 4.27. The van der Waals surface area contributed by atoms with Crippen LogP contribution in [0.25, 0.3) is 0 Å². The highest BCUT2D eigenvalue weighted by atomic mass is 19.4. The molecule has 0 saturated carbocycles. The van der Waals surface area contributed by atoms with Gasteiger partial charge in [0, 0.05) is 25.2 Å². The molecule has 112 valence electrons. The van der Waals surface area contributed by atoms with E-state index < -0.39 is 23.5 Å². The molecule has 1 aromatic rings. The average Bonchev–Trinajstić information content (AvgIpc) is 2.37. The van der Waals surface area contributed by atoms with Crippen molar-refractivity contribution in [2.45, 2.75) is 19.5 Å². The molecule has 0 saturated heterocycles. The summed E-state index contributed by atoms with van der Waals surface area (Å²) in [5.41, 5.74) is 3.73. The molecule has 0 unspecified atom stereocenters. The van der Waals surface area contributed by atoms with Crippen molar-refractivity contribution in [3.8, 4) is 0 Å². The Labute approximate surface area is 114 Å². The summed E-state index contributed by atoms with van der Waals surface area (Å²) in [7, 11) is 0. The number of alkyl halides is 3. The monoisotopic (exact) mass is 292 g/mol. The maximum absolute atomic E-state index is 13.2. The maximum Gasteiger partial charge on any atom is 0.419 e. The summed E-state index contributed by atoms with van der Waals surface area (Å²) in [5.74, 6) is -1.97. The van der Waals surface area contributed by atoms with E-state index in [1.165, 1.54) is 4.90 Å². The van der Waals surface area contributed by atoms with E-state index >= 15 is 0 Å². The molecule has 1 aromatic carbocycles. The molecular formula is C13H16F4N2O. The molecule has 0 aromatic heterocycles. The van der Waals surface area contributed by atoms with Crippen LogP contribution in [0.3, 0.4) is 0 Å². The second kappa shape index (κ2) is 6.69. The minimum Gasteiger partial charge on any atom is -0.337 e. The van der Waals surface area contributed by atoms with Crippen molar-refractivity contribution >= 4 is 5.91 Å². The zero-order valence-electron chi connectivity index (χ0n) is 11.0. The molecule has 0 fully saturated rings. The second-order valence-corrected chi connectivity index (χ2v) is 4.27. The van der Waals surface area contributed by atoms with Gasteiger partial charge in [-0.15, -0.1) is 0 Å². The smallest absolute Gasteiger partial charge is 0.337 e. The molecule has 2 N–H and O–H groups in total. The van der Waals surface area contributed by atoms with Crippen molar-refractivity contribution in [2.75, 3.05) is 19.6 Å². The van der Waals surface area contributed by atoms with Crippen LogP contribution in [0.4, 0.5) is 17.6 Å². The van der Waals surface area contributed by atoms with E-state index in [1.54, 1.807) is 0 Å². The number of hydrogen-bond acceptors (Lipinski definition) is 2. The Morgan fingerprint density at radius 3 is 2.45 bits per heavy atom. The van der Waals surface area contributed by atoms with E-state index in [-0.39, 0.29) is 18.7 Å². The molecule has 7 heteroatoms. The van der Waals surface area contributed by atoms with Gasteiger partial charge < -0.3 is 10.6 Å². The van der Waals surface area contributed by atoms with Gasteiger partial charge >= 0.3 is 6.18 Å². The van der Waals surface area contributed by atoms with Gasteiger partial charge in [0.15, 0.2) is 0 Å². The zero-order chi connectivity index (χ0) is 15.3. The molecule has 0 heterocycles. The quantitative estimate of drug-likeness (QED) is 0.848. The third-order valence-electron chi connectivity index (χ3n) is 2.70. The van der Waals surface area contributed by atoms with E-state index in [4.69, 9.17) is 5.73 Å². The zero-order valence-corrected chi connectivity index (χ0v) is 11.0. The number of carbonyl (C=O) groups excluding carboxylic acids is 1. The van der Waals surface area contributed by atoms with Gasteiger partial charge in [0.25, 0.3) is 5.91 Å². The first-order valence-corrected chi connectivity index (χ1v) is 6.17. The van der Waals surface area contributed by atoms with Gasteiger partial charge in [0.05, 0.1) is 5.56 Å². The van der Waals surface area contributed by atoms with Gasteiger partial charge in [-0.1, -0.05) is 6.92 Å². The molecule has 0 spiro atoms. The fourth-order valence-corrected chi connectivity index (χ4v) is 1.80. The number of halogens is 4. The lowest BCUT2D eigenvalue weighted by Gasteiger charge is -2.22. The van der Waals surface area contributed by atoms with Crippen LogP contribution in [0.1, 0.15) is 29.3 Å². The molecular weight excluding hydrogens is 276 g/mol. The van der Waals surface area contributed by atoms with Gasteiger partial charge in [-0.3, -0.25) is 4.79 Å². The van der Waals surface area contributed by atoms with Crippen molar-refractivity contribution in [3.63, 3.8) is 0 Å². The SMILES string of the molecule is CCCN(CCN)C(=O)c1ccc(F)c(C(F)(F)F)c1. The summed E-state index contributed by atoms with van der Waals surface area (Å²) in [6, 6.07) is 2.24. The highest BCUT2D eigenvalue weighted by Gasteiger charge is 2.35. The van der Waals surface area contributed by atoms with Crippen molar-refractivity contribution < 1.29 is 22.4 Å². The van der Waals surface area contributed by atoms with Crippen LogP contribution in [0, 0.1) is 5.82 Å². The van der Waals surface area contributed by atoms with Gasteiger partial charge in [-0.25, -0.2) is 4.39 Å². The first-order valence-electron chi connectivity index (χ1n) is 6.17. The van der Waals surface area contributed by atoms with Gasteiger partial charge in [-0.05, 0) is 24.6 Å². The van der Waals surface area contributed by atoms with E-state index in [0.717, 1.165) is 6.07 Å². The van der Waals surface area contributed by atoms with Crippen LogP contribution in [-0.4, -0.2) is 30.4 Å². The predicted molar refractivity (Wildman–Crippen MR) is 66.7 cm³/mol. The fraction of sp³-hybridized carbons (Fsp3) is 0.462. The third-order valence-corrected chi connectivity index (χ3v) is 2.70. The molecule has 0 atom stereocenters.